The first-order valence-electron chi connectivity index (χ1n) is 6.00. The average molecular weight is 297 g/mol. The summed E-state index contributed by atoms with van der Waals surface area (Å²) in [6, 6.07) is 5.13. The van der Waals surface area contributed by atoms with E-state index in [9.17, 15) is 4.79 Å². The molecule has 110 valence electrons. The third kappa shape index (κ3) is 4.09. The van der Waals surface area contributed by atoms with Crippen molar-refractivity contribution in [3.63, 3.8) is 0 Å². The monoisotopic (exact) mass is 297 g/mol. The molecule has 0 unspecified atom stereocenters. The summed E-state index contributed by atoms with van der Waals surface area (Å²) in [5, 5.41) is 0. The van der Waals surface area contributed by atoms with E-state index in [1.54, 1.807) is 39.2 Å². The molecule has 1 aromatic rings. The molecule has 0 aliphatic rings. The molecule has 0 heterocycles. The summed E-state index contributed by atoms with van der Waals surface area (Å²) >= 11 is 4.94. The third-order valence-electron chi connectivity index (χ3n) is 2.74. The van der Waals surface area contributed by atoms with Gasteiger partial charge in [0.1, 0.15) is 23.1 Å². The van der Waals surface area contributed by atoms with Crippen LogP contribution in [0.25, 0.3) is 0 Å². The van der Waals surface area contributed by atoms with Gasteiger partial charge in [-0.15, -0.1) is 0 Å². The first-order valence-corrected chi connectivity index (χ1v) is 6.41. The lowest BCUT2D eigenvalue weighted by atomic mass is 9.95. The van der Waals surface area contributed by atoms with Crippen molar-refractivity contribution in [2.75, 3.05) is 20.8 Å². The van der Waals surface area contributed by atoms with Crippen LogP contribution in [-0.2, 0) is 9.53 Å². The number of rotatable bonds is 6. The lowest BCUT2D eigenvalue weighted by Crippen LogP contribution is -2.32. The third-order valence-corrected chi connectivity index (χ3v) is 2.97. The molecule has 1 aromatic carbocycles. The molecular formula is C14H19NO4S. The Morgan fingerprint density at radius 2 is 1.85 bits per heavy atom. The van der Waals surface area contributed by atoms with Crippen molar-refractivity contribution >= 4 is 23.2 Å². The first-order chi connectivity index (χ1) is 9.30. The second-order valence-electron chi connectivity index (χ2n) is 4.93. The molecule has 0 aromatic heterocycles. The molecule has 2 N–H and O–H groups in total. The molecule has 0 aliphatic carbocycles. The Kier molecular flexibility index (Phi) is 5.33. The van der Waals surface area contributed by atoms with Gasteiger partial charge in [0.05, 0.1) is 19.6 Å². The molecule has 1 rings (SSSR count). The van der Waals surface area contributed by atoms with Crippen molar-refractivity contribution in [1.29, 1.82) is 0 Å². The van der Waals surface area contributed by atoms with E-state index >= 15 is 0 Å². The Balaban J connectivity index is 2.90. The minimum atomic E-state index is -0.749. The average Bonchev–Trinajstić information content (AvgIpc) is 2.43. The number of hydrogen-bond acceptors (Lipinski definition) is 5. The second kappa shape index (κ2) is 6.56. The summed E-state index contributed by atoms with van der Waals surface area (Å²) < 4.78 is 15.5. The van der Waals surface area contributed by atoms with Crippen molar-refractivity contribution in [2.24, 2.45) is 11.1 Å². The molecule has 0 radical (unpaired) electrons. The van der Waals surface area contributed by atoms with Crippen molar-refractivity contribution in [3.05, 3.63) is 23.8 Å². The van der Waals surface area contributed by atoms with Gasteiger partial charge in [0.15, 0.2) is 0 Å². The lowest BCUT2D eigenvalue weighted by molar-refractivity contribution is -0.152. The zero-order chi connectivity index (χ0) is 15.3. The number of thiocarbonyl (C=S) groups is 1. The van der Waals surface area contributed by atoms with Gasteiger partial charge < -0.3 is 19.9 Å². The fourth-order valence-electron chi connectivity index (χ4n) is 1.51. The minimum absolute atomic E-state index is 0.170. The minimum Gasteiger partial charge on any atom is -0.497 e. The maximum Gasteiger partial charge on any atom is 0.314 e. The van der Waals surface area contributed by atoms with Gasteiger partial charge in [0.25, 0.3) is 0 Å². The highest BCUT2D eigenvalue weighted by molar-refractivity contribution is 7.80. The molecule has 0 saturated carbocycles. The van der Waals surface area contributed by atoms with E-state index in [1.807, 2.05) is 0 Å². The molecule has 0 bridgehead atoms. The molecule has 0 saturated heterocycles. The van der Waals surface area contributed by atoms with Gasteiger partial charge in [0, 0.05) is 11.6 Å². The zero-order valence-corrected chi connectivity index (χ0v) is 12.9. The van der Waals surface area contributed by atoms with Gasteiger partial charge in [-0.1, -0.05) is 12.2 Å². The number of benzene rings is 1. The molecular weight excluding hydrogens is 278 g/mol. The highest BCUT2D eigenvalue weighted by Crippen LogP contribution is 2.25. The zero-order valence-electron chi connectivity index (χ0n) is 12.1. The quantitative estimate of drug-likeness (QED) is 0.639. The van der Waals surface area contributed by atoms with E-state index in [0.717, 1.165) is 0 Å². The van der Waals surface area contributed by atoms with E-state index in [1.165, 1.54) is 7.11 Å². The topological polar surface area (TPSA) is 70.8 Å². The van der Waals surface area contributed by atoms with Crippen LogP contribution in [0.2, 0.25) is 0 Å². The van der Waals surface area contributed by atoms with Crippen LogP contribution >= 0.6 is 12.2 Å². The molecule has 5 nitrogen and oxygen atoms in total. The number of nitrogens with two attached hydrogens (primary N) is 1. The van der Waals surface area contributed by atoms with Gasteiger partial charge in [-0.25, -0.2) is 0 Å². The Morgan fingerprint density at radius 3 is 2.35 bits per heavy atom. The largest absolute Gasteiger partial charge is 0.497 e. The predicted octanol–water partition coefficient (Wildman–Crippen LogP) is 1.91. The Labute approximate surface area is 124 Å². The number of methoxy groups -OCH3 is 2. The molecule has 0 aliphatic heterocycles. The molecule has 0 spiro atoms. The van der Waals surface area contributed by atoms with Gasteiger partial charge in [-0.3, -0.25) is 4.79 Å². The van der Waals surface area contributed by atoms with Crippen LogP contribution in [0.3, 0.4) is 0 Å². The van der Waals surface area contributed by atoms with Crippen LogP contribution in [0.1, 0.15) is 19.4 Å². The smallest absolute Gasteiger partial charge is 0.314 e. The maximum atomic E-state index is 11.6. The van der Waals surface area contributed by atoms with Gasteiger partial charge >= 0.3 is 5.97 Å². The van der Waals surface area contributed by atoms with Crippen molar-refractivity contribution in [3.8, 4) is 11.5 Å². The van der Waals surface area contributed by atoms with Crippen molar-refractivity contribution in [2.45, 2.75) is 13.8 Å². The fraction of sp³-hybridized carbons (Fsp3) is 0.429. The van der Waals surface area contributed by atoms with Crippen molar-refractivity contribution < 1.29 is 19.0 Å². The fourth-order valence-corrected chi connectivity index (χ4v) is 1.63. The highest BCUT2D eigenvalue weighted by atomic mass is 32.1. The normalized spacial score (nSPS) is 10.8. The summed E-state index contributed by atoms with van der Waals surface area (Å²) in [6.45, 7) is 3.66. The highest BCUT2D eigenvalue weighted by Gasteiger charge is 2.29. The molecule has 6 heteroatoms. The number of carbonyl (C=O) groups excluding carboxylic acids is 1. The summed E-state index contributed by atoms with van der Waals surface area (Å²) in [7, 11) is 2.89. The van der Waals surface area contributed by atoms with Crippen LogP contribution in [0, 0.1) is 5.41 Å². The van der Waals surface area contributed by atoms with Crippen molar-refractivity contribution in [1.82, 2.24) is 0 Å². The molecule has 20 heavy (non-hydrogen) atoms. The standard InChI is InChI=1S/C14H19NO4S/c1-14(2,13(16)18-4)8-19-11-6-9(12(15)20)5-10(7-11)17-3/h5-7H,8H2,1-4H3,(H2,15,20). The summed E-state index contributed by atoms with van der Waals surface area (Å²) in [5.41, 5.74) is 5.50. The van der Waals surface area contributed by atoms with E-state index in [-0.39, 0.29) is 17.6 Å². The Bertz CT molecular complexity index is 514. The summed E-state index contributed by atoms with van der Waals surface area (Å²) in [5.74, 6) is 0.778. The van der Waals surface area contributed by atoms with E-state index in [2.05, 4.69) is 0 Å². The van der Waals surface area contributed by atoms with E-state index < -0.39 is 5.41 Å². The summed E-state index contributed by atoms with van der Waals surface area (Å²) in [4.78, 5) is 11.8. The van der Waals surface area contributed by atoms with Crippen LogP contribution < -0.4 is 15.2 Å². The van der Waals surface area contributed by atoms with Crippen LogP contribution in [0.4, 0.5) is 0 Å². The SMILES string of the molecule is COC(=O)C(C)(C)COc1cc(OC)cc(C(N)=S)c1. The molecule has 0 fully saturated rings. The van der Waals surface area contributed by atoms with Gasteiger partial charge in [-0.05, 0) is 26.0 Å². The number of esters is 1. The number of ether oxygens (including phenoxy) is 3. The first kappa shape index (κ1) is 16.2. The summed E-state index contributed by atoms with van der Waals surface area (Å²) in [6.07, 6.45) is 0. The second-order valence-corrected chi connectivity index (χ2v) is 5.37. The van der Waals surface area contributed by atoms with E-state index in [4.69, 9.17) is 32.2 Å². The molecule has 0 amide bonds. The van der Waals surface area contributed by atoms with Crippen LogP contribution in [0.15, 0.2) is 18.2 Å². The van der Waals surface area contributed by atoms with Gasteiger partial charge in [-0.2, -0.15) is 0 Å². The molecule has 0 atom stereocenters. The Morgan fingerprint density at radius 1 is 1.25 bits per heavy atom. The van der Waals surface area contributed by atoms with Gasteiger partial charge in [0.2, 0.25) is 0 Å². The number of carbonyl (C=O) groups is 1. The Hall–Kier alpha value is -1.82. The van der Waals surface area contributed by atoms with E-state index in [0.29, 0.717) is 17.1 Å². The van der Waals surface area contributed by atoms with Crippen LogP contribution in [0.5, 0.6) is 11.5 Å². The predicted molar refractivity (Wildman–Crippen MR) is 80.2 cm³/mol. The lowest BCUT2D eigenvalue weighted by Gasteiger charge is -2.22. The maximum absolute atomic E-state index is 11.6. The van der Waals surface area contributed by atoms with Crippen LogP contribution in [-0.4, -0.2) is 31.8 Å². The number of hydrogen-bond donors (Lipinski definition) is 1.